The van der Waals surface area contributed by atoms with Gasteiger partial charge >= 0.3 is 0 Å². The molecule has 1 saturated heterocycles. The molecule has 1 aliphatic heterocycles. The van der Waals surface area contributed by atoms with Crippen LogP contribution in [0.5, 0.6) is 11.5 Å². The molecule has 0 spiro atoms. The summed E-state index contributed by atoms with van der Waals surface area (Å²) in [4.78, 5) is 2.16. The van der Waals surface area contributed by atoms with Crippen LogP contribution in [0.15, 0.2) is 24.3 Å². The lowest BCUT2D eigenvalue weighted by Crippen LogP contribution is -2.36. The number of nitrogens with zero attached hydrogens (tertiary/aromatic N) is 3. The van der Waals surface area contributed by atoms with Crippen molar-refractivity contribution in [3.8, 4) is 11.5 Å². The predicted octanol–water partition coefficient (Wildman–Crippen LogP) is 2.35. The second-order valence-electron chi connectivity index (χ2n) is 5.80. The van der Waals surface area contributed by atoms with E-state index in [2.05, 4.69) is 10.00 Å². The van der Waals surface area contributed by atoms with Crippen LogP contribution in [-0.2, 0) is 11.3 Å². The fraction of sp³-hybridized carbons (Fsp3) is 0.529. The number of morpholine rings is 1. The normalized spacial score (nSPS) is 15.7. The zero-order valence-electron chi connectivity index (χ0n) is 14.7. The number of anilines is 1. The molecule has 1 aliphatic rings. The van der Waals surface area contributed by atoms with Gasteiger partial charge in [0, 0.05) is 13.1 Å². The highest BCUT2D eigenvalue weighted by Crippen LogP contribution is 2.21. The van der Waals surface area contributed by atoms with Gasteiger partial charge in [-0.1, -0.05) is 11.3 Å². The van der Waals surface area contributed by atoms with Gasteiger partial charge < -0.3 is 24.2 Å². The first kappa shape index (κ1) is 19.1. The van der Waals surface area contributed by atoms with E-state index >= 15 is 0 Å². The number of benzene rings is 1. The molecule has 9 heteroatoms. The number of aromatic nitrogens is 2. The van der Waals surface area contributed by atoms with Gasteiger partial charge in [-0.05, 0) is 43.4 Å². The van der Waals surface area contributed by atoms with Gasteiger partial charge in [-0.25, -0.2) is 4.68 Å². The molecular formula is C17H23N3O4S2. The molecule has 0 saturated carbocycles. The average molecular weight is 398 g/mol. The number of hydrogen-bond acceptors (Lipinski definition) is 8. The standard InChI is InChI=1S/C17H23N3O4S2/c1-2-23-14-3-5-15(6-4-14)24-12-13(21)11-20-17(25)26-16(18-20)19-7-9-22-10-8-19/h3-6,13,21H,2,7-12H2,1H3/t13-/m1/s1. The Labute approximate surface area is 161 Å². The topological polar surface area (TPSA) is 69.0 Å². The molecule has 7 nitrogen and oxygen atoms in total. The molecule has 1 N–H and O–H groups in total. The first-order valence-corrected chi connectivity index (χ1v) is 9.82. The molecule has 2 aromatic rings. The van der Waals surface area contributed by atoms with Gasteiger partial charge in [-0.3, -0.25) is 0 Å². The van der Waals surface area contributed by atoms with Gasteiger partial charge in [0.05, 0.1) is 26.4 Å². The minimum atomic E-state index is -0.701. The van der Waals surface area contributed by atoms with E-state index in [0.717, 1.165) is 24.0 Å². The van der Waals surface area contributed by atoms with Crippen molar-refractivity contribution in [1.82, 2.24) is 9.78 Å². The van der Waals surface area contributed by atoms with Crippen LogP contribution in [0.25, 0.3) is 0 Å². The van der Waals surface area contributed by atoms with E-state index in [-0.39, 0.29) is 6.61 Å². The Balaban J connectivity index is 1.52. The molecule has 2 heterocycles. The smallest absolute Gasteiger partial charge is 0.207 e. The first-order valence-electron chi connectivity index (χ1n) is 8.60. The summed E-state index contributed by atoms with van der Waals surface area (Å²) in [7, 11) is 0. The zero-order chi connectivity index (χ0) is 18.4. The van der Waals surface area contributed by atoms with Crippen LogP contribution < -0.4 is 14.4 Å². The third kappa shape index (κ3) is 5.16. The van der Waals surface area contributed by atoms with Crippen LogP contribution in [0.3, 0.4) is 0 Å². The van der Waals surface area contributed by atoms with Crippen LogP contribution in [0.1, 0.15) is 6.92 Å². The Morgan fingerprint density at radius 3 is 2.54 bits per heavy atom. The van der Waals surface area contributed by atoms with Crippen molar-refractivity contribution in [2.45, 2.75) is 19.6 Å². The second kappa shape index (κ2) is 9.31. The van der Waals surface area contributed by atoms with Crippen LogP contribution in [0, 0.1) is 3.95 Å². The van der Waals surface area contributed by atoms with Crippen molar-refractivity contribution in [2.24, 2.45) is 0 Å². The van der Waals surface area contributed by atoms with Gasteiger partial charge in [0.25, 0.3) is 0 Å². The van der Waals surface area contributed by atoms with E-state index in [1.54, 1.807) is 4.68 Å². The first-order chi connectivity index (χ1) is 12.7. The molecule has 1 aromatic carbocycles. The molecule has 1 aromatic heterocycles. The summed E-state index contributed by atoms with van der Waals surface area (Å²) in [5.74, 6) is 1.48. The Morgan fingerprint density at radius 1 is 1.23 bits per heavy atom. The molecule has 0 unspecified atom stereocenters. The maximum atomic E-state index is 10.3. The Bertz CT molecular complexity index is 741. The van der Waals surface area contributed by atoms with Gasteiger partial charge in [-0.15, -0.1) is 5.10 Å². The zero-order valence-corrected chi connectivity index (χ0v) is 16.3. The third-order valence-electron chi connectivity index (χ3n) is 3.84. The van der Waals surface area contributed by atoms with E-state index in [1.807, 2.05) is 31.2 Å². The van der Waals surface area contributed by atoms with E-state index in [9.17, 15) is 5.11 Å². The van der Waals surface area contributed by atoms with E-state index in [1.165, 1.54) is 11.3 Å². The highest BCUT2D eigenvalue weighted by atomic mass is 32.1. The summed E-state index contributed by atoms with van der Waals surface area (Å²) < 4.78 is 18.7. The molecule has 142 valence electrons. The quantitative estimate of drug-likeness (QED) is 0.686. The summed E-state index contributed by atoms with van der Waals surface area (Å²) in [6.45, 7) is 6.05. The van der Waals surface area contributed by atoms with Crippen molar-refractivity contribution >= 4 is 28.7 Å². The second-order valence-corrected chi connectivity index (χ2v) is 7.40. The largest absolute Gasteiger partial charge is 0.494 e. The molecule has 0 aliphatic carbocycles. The number of aliphatic hydroxyl groups excluding tert-OH is 1. The van der Waals surface area contributed by atoms with Gasteiger partial charge in [0.2, 0.25) is 5.13 Å². The summed E-state index contributed by atoms with van der Waals surface area (Å²) >= 11 is 6.83. The predicted molar refractivity (Wildman–Crippen MR) is 103 cm³/mol. The van der Waals surface area contributed by atoms with Crippen LogP contribution >= 0.6 is 23.6 Å². The summed E-state index contributed by atoms with van der Waals surface area (Å²) in [5, 5.41) is 15.7. The lowest BCUT2D eigenvalue weighted by atomic mass is 10.3. The van der Waals surface area contributed by atoms with Crippen molar-refractivity contribution in [1.29, 1.82) is 0 Å². The highest BCUT2D eigenvalue weighted by molar-refractivity contribution is 7.73. The fourth-order valence-electron chi connectivity index (χ4n) is 2.54. The Morgan fingerprint density at radius 2 is 1.88 bits per heavy atom. The molecule has 1 atom stereocenters. The molecule has 0 radical (unpaired) electrons. The number of hydrogen-bond donors (Lipinski definition) is 1. The lowest BCUT2D eigenvalue weighted by molar-refractivity contribution is 0.0889. The molecular weight excluding hydrogens is 374 g/mol. The Kier molecular flexibility index (Phi) is 6.84. The molecule has 0 amide bonds. The van der Waals surface area contributed by atoms with Crippen molar-refractivity contribution in [3.63, 3.8) is 0 Å². The van der Waals surface area contributed by atoms with Crippen molar-refractivity contribution in [3.05, 3.63) is 28.2 Å². The van der Waals surface area contributed by atoms with Gasteiger partial charge in [0.15, 0.2) is 3.95 Å². The number of ether oxygens (including phenoxy) is 3. The maximum absolute atomic E-state index is 10.3. The number of aliphatic hydroxyl groups is 1. The van der Waals surface area contributed by atoms with E-state index < -0.39 is 6.10 Å². The highest BCUT2D eigenvalue weighted by Gasteiger charge is 2.17. The minimum absolute atomic E-state index is 0.167. The maximum Gasteiger partial charge on any atom is 0.207 e. The van der Waals surface area contributed by atoms with Crippen LogP contribution in [-0.4, -0.2) is 60.5 Å². The third-order valence-corrected chi connectivity index (χ3v) is 5.21. The SMILES string of the molecule is CCOc1ccc(OC[C@H](O)Cn2nc(N3CCOCC3)sc2=S)cc1. The average Bonchev–Trinajstić information content (AvgIpc) is 3.03. The van der Waals surface area contributed by atoms with E-state index in [4.69, 9.17) is 26.4 Å². The lowest BCUT2D eigenvalue weighted by Gasteiger charge is -2.25. The fourth-order valence-corrected chi connectivity index (χ4v) is 3.70. The van der Waals surface area contributed by atoms with Crippen molar-refractivity contribution in [2.75, 3.05) is 44.4 Å². The van der Waals surface area contributed by atoms with Crippen LogP contribution in [0.4, 0.5) is 5.13 Å². The summed E-state index contributed by atoms with van der Waals surface area (Å²) in [5.41, 5.74) is 0. The molecule has 3 rings (SSSR count). The Hall–Kier alpha value is -1.68. The molecule has 0 bridgehead atoms. The summed E-state index contributed by atoms with van der Waals surface area (Å²) in [6.07, 6.45) is -0.701. The number of rotatable bonds is 8. The molecule has 1 fully saturated rings. The van der Waals surface area contributed by atoms with E-state index in [0.29, 0.717) is 36.1 Å². The van der Waals surface area contributed by atoms with Gasteiger partial charge in [-0.2, -0.15) is 0 Å². The van der Waals surface area contributed by atoms with Crippen LogP contribution in [0.2, 0.25) is 0 Å². The summed E-state index contributed by atoms with van der Waals surface area (Å²) in [6, 6.07) is 7.33. The molecule has 26 heavy (non-hydrogen) atoms. The van der Waals surface area contributed by atoms with Crippen molar-refractivity contribution < 1.29 is 19.3 Å². The minimum Gasteiger partial charge on any atom is -0.494 e. The monoisotopic (exact) mass is 397 g/mol. The van der Waals surface area contributed by atoms with Gasteiger partial charge in [0.1, 0.15) is 24.2 Å².